The van der Waals surface area contributed by atoms with Crippen molar-refractivity contribution >= 4 is 14.0 Å². The summed E-state index contributed by atoms with van der Waals surface area (Å²) in [5, 5.41) is 8.96. The van der Waals surface area contributed by atoms with Crippen LogP contribution in [0.5, 0.6) is 0 Å². The normalized spacial score (nSPS) is 11.6. The number of carboxylic acids is 1. The van der Waals surface area contributed by atoms with Crippen molar-refractivity contribution in [1.82, 2.24) is 0 Å². The first kappa shape index (κ1) is 13.7. The number of hydrogen-bond donors (Lipinski definition) is 1. The summed E-state index contributed by atoms with van der Waals surface area (Å²) in [6, 6.07) is 4.07. The van der Waals surface area contributed by atoms with Gasteiger partial charge in [-0.15, -0.1) is 0 Å². The van der Waals surface area contributed by atoms with Crippen molar-refractivity contribution in [2.75, 3.05) is 0 Å². The second kappa shape index (κ2) is 7.04. The molecule has 0 aliphatic rings. The lowest BCUT2D eigenvalue weighted by molar-refractivity contribution is -0.134. The van der Waals surface area contributed by atoms with Crippen LogP contribution in [0.3, 0.4) is 0 Å². The Balaban J connectivity index is 4.45. The summed E-state index contributed by atoms with van der Waals surface area (Å²) in [6.45, 7) is 6.53. The number of hydrogen-bond acceptors (Lipinski definition) is 1. The number of aliphatic carboxylic acids is 1. The molecule has 0 saturated heterocycles. The highest BCUT2D eigenvalue weighted by Gasteiger charge is 2.32. The summed E-state index contributed by atoms with van der Waals surface area (Å²) >= 11 is 0. The molecule has 0 fully saturated rings. The van der Waals surface area contributed by atoms with Crippen molar-refractivity contribution in [3.8, 4) is 0 Å². The molecule has 0 aromatic heterocycles. The lowest BCUT2D eigenvalue weighted by Gasteiger charge is -2.29. The molecule has 0 aromatic rings. The maximum absolute atomic E-state index is 10.9. The molecule has 0 unspecified atom stereocenters. The highest BCUT2D eigenvalue weighted by molar-refractivity contribution is 6.82. The van der Waals surface area contributed by atoms with Gasteiger partial charge in [0.05, 0.1) is 8.07 Å². The third-order valence-electron chi connectivity index (χ3n) is 2.87. The van der Waals surface area contributed by atoms with Crippen molar-refractivity contribution in [1.29, 1.82) is 0 Å². The molecule has 0 aliphatic carbocycles. The van der Waals surface area contributed by atoms with Crippen molar-refractivity contribution in [2.24, 2.45) is 0 Å². The summed E-state index contributed by atoms with van der Waals surface area (Å²) < 4.78 is 0. The van der Waals surface area contributed by atoms with Crippen LogP contribution in [0.2, 0.25) is 24.2 Å². The van der Waals surface area contributed by atoms with Crippen molar-refractivity contribution < 1.29 is 9.90 Å². The Morgan fingerprint density at radius 1 is 1.00 bits per heavy atom. The van der Waals surface area contributed by atoms with Gasteiger partial charge in [-0.05, 0) is 0 Å². The number of carbonyl (C=O) groups is 1. The highest BCUT2D eigenvalue weighted by Crippen LogP contribution is 2.30. The summed E-state index contributed by atoms with van der Waals surface area (Å²) in [7, 11) is -1.46. The summed E-state index contributed by atoms with van der Waals surface area (Å²) in [5.41, 5.74) is 0. The molecular weight excluding hydrogens is 192 g/mol. The zero-order chi connectivity index (χ0) is 11.0. The standard InChI is InChI=1S/C11H24O2Si/c1-4-7-14(8-5-2,9-6-3)10-11(12)13/h4-10H2,1-3H3,(H,12,13). The fraction of sp³-hybridized carbons (Fsp3) is 0.909. The van der Waals surface area contributed by atoms with Gasteiger partial charge in [0.15, 0.2) is 0 Å². The highest BCUT2D eigenvalue weighted by atomic mass is 28.3. The van der Waals surface area contributed by atoms with E-state index in [4.69, 9.17) is 5.11 Å². The van der Waals surface area contributed by atoms with Gasteiger partial charge in [0.25, 0.3) is 0 Å². The van der Waals surface area contributed by atoms with E-state index in [2.05, 4.69) is 20.8 Å². The minimum absolute atomic E-state index is 0.489. The van der Waals surface area contributed by atoms with E-state index in [9.17, 15) is 4.79 Å². The third kappa shape index (κ3) is 4.79. The van der Waals surface area contributed by atoms with Crippen LogP contribution in [-0.2, 0) is 4.79 Å². The van der Waals surface area contributed by atoms with E-state index in [-0.39, 0.29) is 0 Å². The van der Waals surface area contributed by atoms with Crippen LogP contribution < -0.4 is 0 Å². The minimum Gasteiger partial charge on any atom is -0.481 e. The Kier molecular flexibility index (Phi) is 6.88. The molecule has 0 heterocycles. The third-order valence-corrected chi connectivity index (χ3v) is 8.60. The second-order valence-electron chi connectivity index (χ2n) is 4.32. The molecule has 0 radical (unpaired) electrons. The van der Waals surface area contributed by atoms with E-state index in [0.29, 0.717) is 6.04 Å². The van der Waals surface area contributed by atoms with Crippen LogP contribution in [0.4, 0.5) is 0 Å². The predicted octanol–water partition coefficient (Wildman–Crippen LogP) is 3.75. The summed E-state index contributed by atoms with van der Waals surface area (Å²) in [4.78, 5) is 10.9. The van der Waals surface area contributed by atoms with Crippen LogP contribution in [0.15, 0.2) is 0 Å². The molecule has 2 nitrogen and oxygen atoms in total. The fourth-order valence-corrected chi connectivity index (χ4v) is 7.66. The molecular formula is C11H24O2Si. The first-order valence-corrected chi connectivity index (χ1v) is 8.65. The molecule has 0 rings (SSSR count). The molecule has 14 heavy (non-hydrogen) atoms. The van der Waals surface area contributed by atoms with Gasteiger partial charge in [0, 0.05) is 6.04 Å². The fourth-order valence-electron chi connectivity index (χ4n) is 2.55. The summed E-state index contributed by atoms with van der Waals surface area (Å²) in [5.74, 6) is -0.577. The number of rotatable bonds is 8. The Labute approximate surface area is 88.7 Å². The first-order valence-electron chi connectivity index (χ1n) is 5.82. The molecule has 3 heteroatoms. The van der Waals surface area contributed by atoms with Crippen molar-refractivity contribution in [3.05, 3.63) is 0 Å². The van der Waals surface area contributed by atoms with Crippen LogP contribution in [0, 0.1) is 0 Å². The topological polar surface area (TPSA) is 37.3 Å². The Hall–Kier alpha value is -0.313. The minimum atomic E-state index is -1.46. The molecule has 84 valence electrons. The summed E-state index contributed by atoms with van der Waals surface area (Å²) in [6.07, 6.45) is 3.46. The van der Waals surface area contributed by atoms with Crippen LogP contribution in [-0.4, -0.2) is 19.1 Å². The maximum Gasteiger partial charge on any atom is 0.300 e. The smallest absolute Gasteiger partial charge is 0.300 e. The van der Waals surface area contributed by atoms with E-state index in [0.717, 1.165) is 19.3 Å². The second-order valence-corrected chi connectivity index (χ2v) is 9.17. The van der Waals surface area contributed by atoms with Gasteiger partial charge >= 0.3 is 5.97 Å². The predicted molar refractivity (Wildman–Crippen MR) is 63.5 cm³/mol. The van der Waals surface area contributed by atoms with Gasteiger partial charge in [-0.3, -0.25) is 4.79 Å². The Morgan fingerprint density at radius 2 is 1.36 bits per heavy atom. The van der Waals surface area contributed by atoms with E-state index in [1.54, 1.807) is 0 Å². The Bertz CT molecular complexity index is 152. The molecule has 0 aliphatic heterocycles. The van der Waals surface area contributed by atoms with Gasteiger partial charge in [0.1, 0.15) is 0 Å². The van der Waals surface area contributed by atoms with Gasteiger partial charge in [-0.1, -0.05) is 58.2 Å². The first-order chi connectivity index (χ1) is 6.60. The van der Waals surface area contributed by atoms with Crippen LogP contribution in [0.1, 0.15) is 40.0 Å². The molecule has 0 bridgehead atoms. The number of carboxylic acid groups (broad SMARTS) is 1. The van der Waals surface area contributed by atoms with Gasteiger partial charge in [-0.25, -0.2) is 0 Å². The molecule has 0 amide bonds. The van der Waals surface area contributed by atoms with E-state index < -0.39 is 14.0 Å². The van der Waals surface area contributed by atoms with Gasteiger partial charge in [-0.2, -0.15) is 0 Å². The Morgan fingerprint density at radius 3 is 1.57 bits per heavy atom. The van der Waals surface area contributed by atoms with Crippen molar-refractivity contribution in [2.45, 2.75) is 64.2 Å². The van der Waals surface area contributed by atoms with Gasteiger partial charge < -0.3 is 5.11 Å². The van der Waals surface area contributed by atoms with E-state index in [1.165, 1.54) is 18.1 Å². The largest absolute Gasteiger partial charge is 0.481 e. The van der Waals surface area contributed by atoms with Crippen LogP contribution in [0.25, 0.3) is 0 Å². The molecule has 0 saturated carbocycles. The quantitative estimate of drug-likeness (QED) is 0.627. The van der Waals surface area contributed by atoms with Crippen LogP contribution >= 0.6 is 0 Å². The molecule has 0 aromatic carbocycles. The van der Waals surface area contributed by atoms with E-state index >= 15 is 0 Å². The average molecular weight is 216 g/mol. The molecule has 0 atom stereocenters. The monoisotopic (exact) mass is 216 g/mol. The van der Waals surface area contributed by atoms with E-state index in [1.807, 2.05) is 0 Å². The molecule has 1 N–H and O–H groups in total. The average Bonchev–Trinajstić information content (AvgIpc) is 2.03. The molecule has 0 spiro atoms. The lowest BCUT2D eigenvalue weighted by Crippen LogP contribution is -2.35. The zero-order valence-corrected chi connectivity index (χ0v) is 10.8. The lowest BCUT2D eigenvalue weighted by atomic mass is 10.5. The van der Waals surface area contributed by atoms with Gasteiger partial charge in [0.2, 0.25) is 0 Å². The maximum atomic E-state index is 10.9. The zero-order valence-electron chi connectivity index (χ0n) is 9.81. The SMILES string of the molecule is CCC[Si](CCC)(CCC)CC(=O)O. The van der Waals surface area contributed by atoms with Crippen molar-refractivity contribution in [3.63, 3.8) is 0 Å².